The van der Waals surface area contributed by atoms with Crippen molar-refractivity contribution >= 4 is 28.8 Å². The summed E-state index contributed by atoms with van der Waals surface area (Å²) in [6.07, 6.45) is 1.41. The van der Waals surface area contributed by atoms with E-state index in [1.165, 1.54) is 18.1 Å². The molecular weight excluding hydrogens is 314 g/mol. The van der Waals surface area contributed by atoms with Crippen LogP contribution in [0.15, 0.2) is 46.6 Å². The van der Waals surface area contributed by atoms with Crippen molar-refractivity contribution < 1.29 is 4.79 Å². The summed E-state index contributed by atoms with van der Waals surface area (Å²) < 4.78 is 0. The van der Waals surface area contributed by atoms with Crippen LogP contribution in [0.3, 0.4) is 0 Å². The van der Waals surface area contributed by atoms with E-state index < -0.39 is 0 Å². The monoisotopic (exact) mass is 329 g/mol. The highest BCUT2D eigenvalue weighted by Crippen LogP contribution is 2.15. The number of imidazole rings is 1. The number of carbonyl (C=O) groups is 1. The lowest BCUT2D eigenvalue weighted by atomic mass is 10.1. The number of carbonyl (C=O) groups excluding carboxylic acids is 1. The van der Waals surface area contributed by atoms with E-state index >= 15 is 0 Å². The molecule has 3 N–H and O–H groups in total. The highest BCUT2D eigenvalue weighted by atomic mass is 32.2. The van der Waals surface area contributed by atoms with Gasteiger partial charge in [-0.25, -0.2) is 9.97 Å². The fourth-order valence-electron chi connectivity index (χ4n) is 2.13. The third kappa shape index (κ3) is 3.59. The first-order valence-electron chi connectivity index (χ1n) is 7.04. The van der Waals surface area contributed by atoms with E-state index in [0.29, 0.717) is 16.3 Å². The molecule has 1 amide bonds. The molecule has 0 saturated carbocycles. The van der Waals surface area contributed by atoms with Crippen molar-refractivity contribution in [2.24, 2.45) is 0 Å². The summed E-state index contributed by atoms with van der Waals surface area (Å²) in [4.78, 5) is 37.3. The molecule has 0 radical (unpaired) electrons. The predicted molar refractivity (Wildman–Crippen MR) is 88.2 cm³/mol. The maximum Gasteiger partial charge on any atom is 0.277 e. The summed E-state index contributed by atoms with van der Waals surface area (Å²) in [5.41, 5.74) is 1.41. The van der Waals surface area contributed by atoms with Crippen molar-refractivity contribution in [3.8, 4) is 0 Å². The van der Waals surface area contributed by atoms with Crippen molar-refractivity contribution in [2.75, 3.05) is 5.75 Å². The molecule has 3 rings (SSSR count). The summed E-state index contributed by atoms with van der Waals surface area (Å²) in [5, 5.41) is 3.28. The zero-order chi connectivity index (χ0) is 16.2. The first kappa shape index (κ1) is 15.3. The normalized spacial score (nSPS) is 12.2. The summed E-state index contributed by atoms with van der Waals surface area (Å²) in [5.74, 6) is 0.0342. The Kier molecular flexibility index (Phi) is 4.42. The summed E-state index contributed by atoms with van der Waals surface area (Å²) in [7, 11) is 0. The molecule has 0 unspecified atom stereocenters. The van der Waals surface area contributed by atoms with Crippen LogP contribution in [0.25, 0.3) is 11.2 Å². The van der Waals surface area contributed by atoms with Crippen molar-refractivity contribution in [1.29, 1.82) is 0 Å². The van der Waals surface area contributed by atoms with E-state index in [1.54, 1.807) is 0 Å². The smallest absolute Gasteiger partial charge is 0.277 e. The number of hydrogen-bond donors (Lipinski definition) is 3. The maximum absolute atomic E-state index is 12.0. The highest BCUT2D eigenvalue weighted by molar-refractivity contribution is 7.99. The number of aromatic nitrogens is 4. The van der Waals surface area contributed by atoms with Gasteiger partial charge in [0.15, 0.2) is 16.3 Å². The van der Waals surface area contributed by atoms with E-state index in [0.717, 1.165) is 5.56 Å². The van der Waals surface area contributed by atoms with Crippen LogP contribution < -0.4 is 10.9 Å². The number of amides is 1. The molecule has 23 heavy (non-hydrogen) atoms. The average Bonchev–Trinajstić information content (AvgIpc) is 3.03. The Balaban J connectivity index is 1.61. The molecular formula is C15H15N5O2S. The molecule has 3 aromatic rings. The second kappa shape index (κ2) is 6.66. The molecule has 1 atom stereocenters. The zero-order valence-corrected chi connectivity index (χ0v) is 13.2. The van der Waals surface area contributed by atoms with Crippen LogP contribution in [-0.4, -0.2) is 31.6 Å². The molecule has 2 heterocycles. The molecule has 0 spiro atoms. The van der Waals surface area contributed by atoms with Crippen LogP contribution in [0.4, 0.5) is 0 Å². The SMILES string of the molecule is C[C@@H](NC(=O)CSc1nc2nc[nH]c2c(=O)[nH]1)c1ccccc1. The topological polar surface area (TPSA) is 104 Å². The summed E-state index contributed by atoms with van der Waals surface area (Å²) in [6.45, 7) is 1.92. The van der Waals surface area contributed by atoms with Gasteiger partial charge in [0.05, 0.1) is 18.1 Å². The van der Waals surface area contributed by atoms with Crippen LogP contribution in [0.1, 0.15) is 18.5 Å². The lowest BCUT2D eigenvalue weighted by molar-refractivity contribution is -0.119. The molecule has 0 aliphatic rings. The fraction of sp³-hybridized carbons (Fsp3) is 0.200. The van der Waals surface area contributed by atoms with Crippen molar-refractivity contribution in [2.45, 2.75) is 18.1 Å². The number of rotatable bonds is 5. The Bertz CT molecular complexity index is 874. The predicted octanol–water partition coefficient (Wildman–Crippen LogP) is 1.62. The van der Waals surface area contributed by atoms with E-state index in [9.17, 15) is 9.59 Å². The minimum atomic E-state index is -0.298. The van der Waals surface area contributed by atoms with Crippen molar-refractivity contribution in [1.82, 2.24) is 25.3 Å². The van der Waals surface area contributed by atoms with Crippen molar-refractivity contribution in [3.05, 3.63) is 52.6 Å². The molecule has 118 valence electrons. The van der Waals surface area contributed by atoms with E-state index in [1.807, 2.05) is 37.3 Å². The van der Waals surface area contributed by atoms with Crippen LogP contribution in [-0.2, 0) is 4.79 Å². The van der Waals surface area contributed by atoms with E-state index in [4.69, 9.17) is 0 Å². The Morgan fingerprint density at radius 1 is 1.35 bits per heavy atom. The van der Waals surface area contributed by atoms with Gasteiger partial charge in [0.25, 0.3) is 5.56 Å². The molecule has 0 saturated heterocycles. The number of nitrogens with zero attached hydrogens (tertiary/aromatic N) is 2. The van der Waals surface area contributed by atoms with Gasteiger partial charge in [-0.3, -0.25) is 14.6 Å². The van der Waals surface area contributed by atoms with Gasteiger partial charge in [0, 0.05) is 0 Å². The Morgan fingerprint density at radius 3 is 2.91 bits per heavy atom. The first-order valence-corrected chi connectivity index (χ1v) is 8.02. The van der Waals surface area contributed by atoms with E-state index in [-0.39, 0.29) is 23.3 Å². The van der Waals surface area contributed by atoms with Gasteiger partial charge < -0.3 is 10.3 Å². The van der Waals surface area contributed by atoms with Crippen LogP contribution in [0.2, 0.25) is 0 Å². The lowest BCUT2D eigenvalue weighted by Gasteiger charge is -2.13. The zero-order valence-electron chi connectivity index (χ0n) is 12.4. The van der Waals surface area contributed by atoms with Gasteiger partial charge in [-0.1, -0.05) is 42.1 Å². The van der Waals surface area contributed by atoms with Gasteiger partial charge in [-0.2, -0.15) is 0 Å². The fourth-order valence-corrected chi connectivity index (χ4v) is 2.80. The molecule has 7 nitrogen and oxygen atoms in total. The minimum absolute atomic E-state index is 0.0786. The molecule has 0 aliphatic heterocycles. The standard InChI is InChI=1S/C15H15N5O2S/c1-9(10-5-3-2-4-6-10)18-11(21)7-23-15-19-13-12(14(22)20-15)16-8-17-13/h2-6,8-9H,7H2,1H3,(H,18,21)(H2,16,17,19,20,22)/t9-/m1/s1. The molecule has 0 bridgehead atoms. The van der Waals surface area contributed by atoms with Crippen LogP contribution >= 0.6 is 11.8 Å². The van der Waals surface area contributed by atoms with Crippen molar-refractivity contribution in [3.63, 3.8) is 0 Å². The van der Waals surface area contributed by atoms with Gasteiger partial charge in [-0.05, 0) is 12.5 Å². The molecule has 0 fully saturated rings. The minimum Gasteiger partial charge on any atom is -0.349 e. The average molecular weight is 329 g/mol. The summed E-state index contributed by atoms with van der Waals surface area (Å²) >= 11 is 1.17. The van der Waals surface area contributed by atoms with Gasteiger partial charge in [0.2, 0.25) is 5.91 Å². The van der Waals surface area contributed by atoms with Crippen LogP contribution in [0.5, 0.6) is 0 Å². The largest absolute Gasteiger partial charge is 0.349 e. The maximum atomic E-state index is 12.0. The van der Waals surface area contributed by atoms with Gasteiger partial charge in [-0.15, -0.1) is 0 Å². The van der Waals surface area contributed by atoms with Crippen LogP contribution in [0, 0.1) is 0 Å². The number of thioether (sulfide) groups is 1. The number of hydrogen-bond acceptors (Lipinski definition) is 5. The molecule has 2 aromatic heterocycles. The molecule has 1 aromatic carbocycles. The number of H-pyrrole nitrogens is 2. The Morgan fingerprint density at radius 2 is 2.13 bits per heavy atom. The molecule has 0 aliphatic carbocycles. The highest BCUT2D eigenvalue weighted by Gasteiger charge is 2.11. The van der Waals surface area contributed by atoms with Gasteiger partial charge in [0.1, 0.15) is 0 Å². The number of fused-ring (bicyclic) bond motifs is 1. The first-order chi connectivity index (χ1) is 11.1. The summed E-state index contributed by atoms with van der Waals surface area (Å²) in [6, 6.07) is 9.64. The second-order valence-electron chi connectivity index (χ2n) is 4.96. The molecule has 8 heteroatoms. The number of benzene rings is 1. The lowest BCUT2D eigenvalue weighted by Crippen LogP contribution is -2.28. The number of aromatic amines is 2. The van der Waals surface area contributed by atoms with E-state index in [2.05, 4.69) is 25.3 Å². The second-order valence-corrected chi connectivity index (χ2v) is 5.92. The quantitative estimate of drug-likeness (QED) is 0.487. The van der Waals surface area contributed by atoms with Gasteiger partial charge >= 0.3 is 0 Å². The number of nitrogens with one attached hydrogen (secondary N) is 3. The third-order valence-electron chi connectivity index (χ3n) is 3.29. The Hall–Kier alpha value is -2.61. The Labute approximate surface area is 135 Å². The third-order valence-corrected chi connectivity index (χ3v) is 4.16.